The van der Waals surface area contributed by atoms with Gasteiger partial charge < -0.3 is 15.6 Å². The highest BCUT2D eigenvalue weighted by molar-refractivity contribution is 4.90. The van der Waals surface area contributed by atoms with Crippen LogP contribution in [-0.2, 0) is 4.74 Å². The lowest BCUT2D eigenvalue weighted by Gasteiger charge is -2.36. The van der Waals surface area contributed by atoms with Crippen molar-refractivity contribution in [2.24, 2.45) is 5.73 Å². The van der Waals surface area contributed by atoms with E-state index in [0.29, 0.717) is 0 Å². The Morgan fingerprint density at radius 2 is 2.36 bits per heavy atom. The molecule has 1 saturated carbocycles. The summed E-state index contributed by atoms with van der Waals surface area (Å²) in [5.74, 6) is 0. The van der Waals surface area contributed by atoms with Crippen LogP contribution in [-0.4, -0.2) is 30.0 Å². The summed E-state index contributed by atoms with van der Waals surface area (Å²) in [4.78, 5) is 0. The van der Waals surface area contributed by atoms with E-state index in [1.54, 1.807) is 0 Å². The van der Waals surface area contributed by atoms with E-state index in [1.807, 2.05) is 0 Å². The predicted octanol–water partition coefficient (Wildman–Crippen LogP) is 1.44. The summed E-state index contributed by atoms with van der Waals surface area (Å²) in [6, 6.07) is 0. The van der Waals surface area contributed by atoms with Crippen molar-refractivity contribution in [3.05, 3.63) is 0 Å². The Kier molecular flexibility index (Phi) is 4.85. The van der Waals surface area contributed by atoms with Crippen LogP contribution in [0.2, 0.25) is 0 Å². The Hall–Kier alpha value is -0.120. The van der Waals surface area contributed by atoms with E-state index < -0.39 is 0 Å². The zero-order chi connectivity index (χ0) is 10.4. The second-order valence-electron chi connectivity index (χ2n) is 4.46. The van der Waals surface area contributed by atoms with Gasteiger partial charge in [-0.2, -0.15) is 0 Å². The Morgan fingerprint density at radius 1 is 1.57 bits per heavy atom. The summed E-state index contributed by atoms with van der Waals surface area (Å²) in [6.45, 7) is 3.08. The zero-order valence-electron chi connectivity index (χ0n) is 9.17. The molecule has 2 atom stereocenters. The standard InChI is InChI=1S/C11H23NO2/c1-2-3-7-14-10-5-4-6-11(12,8-10)9-13/h10,13H,2-9,12H2,1H3. The van der Waals surface area contributed by atoms with Crippen LogP contribution in [0.5, 0.6) is 0 Å². The SMILES string of the molecule is CCCCOC1CCCC(N)(CO)C1. The van der Waals surface area contributed by atoms with Crippen molar-refractivity contribution in [1.29, 1.82) is 0 Å². The molecule has 3 N–H and O–H groups in total. The molecule has 1 rings (SSSR count). The second kappa shape index (κ2) is 5.69. The van der Waals surface area contributed by atoms with E-state index in [1.165, 1.54) is 6.42 Å². The molecule has 3 heteroatoms. The van der Waals surface area contributed by atoms with Gasteiger partial charge in [0.2, 0.25) is 0 Å². The molecule has 0 aliphatic heterocycles. The molecule has 1 aliphatic rings. The third-order valence-electron chi connectivity index (χ3n) is 3.00. The minimum absolute atomic E-state index is 0.0840. The fourth-order valence-corrected chi connectivity index (χ4v) is 2.02. The molecule has 0 aromatic rings. The highest BCUT2D eigenvalue weighted by Gasteiger charge is 2.32. The molecule has 0 aromatic carbocycles. The van der Waals surface area contributed by atoms with E-state index in [0.717, 1.165) is 38.7 Å². The van der Waals surface area contributed by atoms with Crippen LogP contribution in [0.4, 0.5) is 0 Å². The van der Waals surface area contributed by atoms with Crippen molar-refractivity contribution >= 4 is 0 Å². The monoisotopic (exact) mass is 201 g/mol. The second-order valence-corrected chi connectivity index (χ2v) is 4.46. The van der Waals surface area contributed by atoms with E-state index >= 15 is 0 Å². The van der Waals surface area contributed by atoms with Gasteiger partial charge >= 0.3 is 0 Å². The van der Waals surface area contributed by atoms with Gasteiger partial charge in [-0.05, 0) is 32.1 Å². The number of aliphatic hydroxyl groups is 1. The molecule has 0 aromatic heterocycles. The number of unbranched alkanes of at least 4 members (excludes halogenated alkanes) is 1. The topological polar surface area (TPSA) is 55.5 Å². The first-order valence-electron chi connectivity index (χ1n) is 5.71. The van der Waals surface area contributed by atoms with Crippen LogP contribution in [0.1, 0.15) is 45.4 Å². The van der Waals surface area contributed by atoms with Gasteiger partial charge in [0, 0.05) is 12.1 Å². The number of nitrogens with two attached hydrogens (primary N) is 1. The highest BCUT2D eigenvalue weighted by Crippen LogP contribution is 2.27. The molecule has 2 unspecified atom stereocenters. The van der Waals surface area contributed by atoms with Crippen molar-refractivity contribution in [3.63, 3.8) is 0 Å². The van der Waals surface area contributed by atoms with E-state index in [-0.39, 0.29) is 18.2 Å². The number of hydrogen-bond acceptors (Lipinski definition) is 3. The first-order valence-corrected chi connectivity index (χ1v) is 5.71. The minimum Gasteiger partial charge on any atom is -0.394 e. The third kappa shape index (κ3) is 3.56. The quantitative estimate of drug-likeness (QED) is 0.662. The minimum atomic E-state index is -0.380. The Bertz CT molecular complexity index is 163. The van der Waals surface area contributed by atoms with Crippen LogP contribution in [0, 0.1) is 0 Å². The van der Waals surface area contributed by atoms with Gasteiger partial charge in [-0.15, -0.1) is 0 Å². The van der Waals surface area contributed by atoms with Gasteiger partial charge in [0.05, 0.1) is 12.7 Å². The van der Waals surface area contributed by atoms with Crippen LogP contribution in [0.25, 0.3) is 0 Å². The van der Waals surface area contributed by atoms with Crippen molar-refractivity contribution in [1.82, 2.24) is 0 Å². The average Bonchev–Trinajstić information content (AvgIpc) is 2.19. The van der Waals surface area contributed by atoms with Gasteiger partial charge in [-0.3, -0.25) is 0 Å². The van der Waals surface area contributed by atoms with Gasteiger partial charge in [0.25, 0.3) is 0 Å². The van der Waals surface area contributed by atoms with Gasteiger partial charge in [-0.1, -0.05) is 13.3 Å². The largest absolute Gasteiger partial charge is 0.394 e. The summed E-state index contributed by atoms with van der Waals surface area (Å²) in [5.41, 5.74) is 5.64. The van der Waals surface area contributed by atoms with Crippen LogP contribution in [0.15, 0.2) is 0 Å². The first-order chi connectivity index (χ1) is 6.70. The molecule has 0 spiro atoms. The summed E-state index contributed by atoms with van der Waals surface area (Å²) in [7, 11) is 0. The Labute approximate surface area is 86.6 Å². The summed E-state index contributed by atoms with van der Waals surface area (Å²) in [6.07, 6.45) is 6.47. The fraction of sp³-hybridized carbons (Fsp3) is 1.00. The van der Waals surface area contributed by atoms with Crippen molar-refractivity contribution < 1.29 is 9.84 Å². The smallest absolute Gasteiger partial charge is 0.0612 e. The maximum atomic E-state index is 9.16. The van der Waals surface area contributed by atoms with E-state index in [9.17, 15) is 0 Å². The van der Waals surface area contributed by atoms with Gasteiger partial charge in [-0.25, -0.2) is 0 Å². The molecule has 0 bridgehead atoms. The molecule has 3 nitrogen and oxygen atoms in total. The highest BCUT2D eigenvalue weighted by atomic mass is 16.5. The molecule has 84 valence electrons. The van der Waals surface area contributed by atoms with Gasteiger partial charge in [0.1, 0.15) is 0 Å². The summed E-state index contributed by atoms with van der Waals surface area (Å²) in [5, 5.41) is 9.16. The molecule has 0 amide bonds. The lowest BCUT2D eigenvalue weighted by atomic mass is 9.81. The summed E-state index contributed by atoms with van der Waals surface area (Å²) >= 11 is 0. The fourth-order valence-electron chi connectivity index (χ4n) is 2.02. The lowest BCUT2D eigenvalue weighted by Crippen LogP contribution is -2.49. The van der Waals surface area contributed by atoms with Crippen LogP contribution >= 0.6 is 0 Å². The Balaban J connectivity index is 2.25. The van der Waals surface area contributed by atoms with Crippen molar-refractivity contribution in [3.8, 4) is 0 Å². The van der Waals surface area contributed by atoms with Gasteiger partial charge in [0.15, 0.2) is 0 Å². The maximum absolute atomic E-state index is 9.16. The molecule has 14 heavy (non-hydrogen) atoms. The number of ether oxygens (including phenoxy) is 1. The number of rotatable bonds is 5. The molecule has 0 saturated heterocycles. The third-order valence-corrected chi connectivity index (χ3v) is 3.00. The molecule has 1 aliphatic carbocycles. The lowest BCUT2D eigenvalue weighted by molar-refractivity contribution is -0.00626. The molecular weight excluding hydrogens is 178 g/mol. The normalized spacial score (nSPS) is 33.2. The average molecular weight is 201 g/mol. The first kappa shape index (κ1) is 12.0. The van der Waals surface area contributed by atoms with Crippen molar-refractivity contribution in [2.75, 3.05) is 13.2 Å². The van der Waals surface area contributed by atoms with Crippen molar-refractivity contribution in [2.45, 2.75) is 57.1 Å². The van der Waals surface area contributed by atoms with Crippen LogP contribution < -0.4 is 5.73 Å². The Morgan fingerprint density at radius 3 is 3.00 bits per heavy atom. The number of aliphatic hydroxyl groups excluding tert-OH is 1. The maximum Gasteiger partial charge on any atom is 0.0612 e. The predicted molar refractivity (Wildman–Crippen MR) is 57.1 cm³/mol. The molecule has 0 heterocycles. The molecule has 0 radical (unpaired) electrons. The zero-order valence-corrected chi connectivity index (χ0v) is 9.17. The van der Waals surface area contributed by atoms with Crippen LogP contribution in [0.3, 0.4) is 0 Å². The molecule has 1 fully saturated rings. The summed E-state index contributed by atoms with van der Waals surface area (Å²) < 4.78 is 5.73. The van der Waals surface area contributed by atoms with E-state index in [4.69, 9.17) is 15.6 Å². The molecular formula is C11H23NO2. The van der Waals surface area contributed by atoms with E-state index in [2.05, 4.69) is 6.92 Å². The number of hydrogen-bond donors (Lipinski definition) is 2.